The molecule has 0 unspecified atom stereocenters. The molecule has 3 heterocycles. The van der Waals surface area contributed by atoms with Gasteiger partial charge in [0.05, 0.1) is 4.90 Å². The number of sulfonamides is 1. The summed E-state index contributed by atoms with van der Waals surface area (Å²) in [5, 5.41) is 12.6. The molecule has 0 radical (unpaired) electrons. The molecule has 9 heteroatoms. The minimum atomic E-state index is -3.57. The Kier molecular flexibility index (Phi) is 5.07. The molecule has 1 aliphatic heterocycles. The van der Waals surface area contributed by atoms with Gasteiger partial charge in [-0.1, -0.05) is 17.7 Å². The SMILES string of the molecule is Cc1ccc(Cl)cc1S(=O)(=O)N1CCC(c2nnc(-c3ccsc3)o2)CC1. The molecule has 6 nitrogen and oxygen atoms in total. The second-order valence-corrected chi connectivity index (χ2v) is 9.67. The Balaban J connectivity index is 1.48. The van der Waals surface area contributed by atoms with E-state index in [1.165, 1.54) is 10.4 Å². The Morgan fingerprint density at radius 2 is 2.00 bits per heavy atom. The van der Waals surface area contributed by atoms with Crippen LogP contribution >= 0.6 is 22.9 Å². The van der Waals surface area contributed by atoms with Crippen LogP contribution in [-0.2, 0) is 10.0 Å². The third-order valence-corrected chi connectivity index (χ3v) is 7.74. The lowest BCUT2D eigenvalue weighted by Gasteiger charge is -2.30. The van der Waals surface area contributed by atoms with Crippen molar-refractivity contribution in [2.24, 2.45) is 0 Å². The van der Waals surface area contributed by atoms with Gasteiger partial charge in [0.1, 0.15) is 0 Å². The topological polar surface area (TPSA) is 76.3 Å². The number of aromatic nitrogens is 2. The summed E-state index contributed by atoms with van der Waals surface area (Å²) in [6.07, 6.45) is 1.29. The third-order valence-electron chi connectivity index (χ3n) is 4.78. The smallest absolute Gasteiger partial charge is 0.248 e. The Hall–Kier alpha value is -1.74. The molecule has 3 aromatic rings. The highest BCUT2D eigenvalue weighted by Crippen LogP contribution is 2.33. The van der Waals surface area contributed by atoms with E-state index in [1.807, 2.05) is 16.8 Å². The molecule has 0 spiro atoms. The van der Waals surface area contributed by atoms with Crippen LogP contribution in [-0.4, -0.2) is 36.0 Å². The van der Waals surface area contributed by atoms with Gasteiger partial charge in [0.15, 0.2) is 0 Å². The first-order valence-electron chi connectivity index (χ1n) is 8.57. The first kappa shape index (κ1) is 18.6. The van der Waals surface area contributed by atoms with Crippen LogP contribution in [0.25, 0.3) is 11.5 Å². The molecule has 0 N–H and O–H groups in total. The minimum absolute atomic E-state index is 0.0665. The predicted octanol–water partition coefficient (Wildman–Crippen LogP) is 4.33. The number of halogens is 1. The molecule has 0 aliphatic carbocycles. The van der Waals surface area contributed by atoms with Crippen LogP contribution < -0.4 is 0 Å². The molecule has 1 aromatic carbocycles. The van der Waals surface area contributed by atoms with Crippen molar-refractivity contribution in [3.63, 3.8) is 0 Å². The summed E-state index contributed by atoms with van der Waals surface area (Å²) in [7, 11) is -3.57. The van der Waals surface area contributed by atoms with Crippen LogP contribution in [0, 0.1) is 6.92 Å². The second kappa shape index (κ2) is 7.35. The van der Waals surface area contributed by atoms with Gasteiger partial charge in [-0.05, 0) is 48.9 Å². The van der Waals surface area contributed by atoms with Gasteiger partial charge in [0.2, 0.25) is 21.8 Å². The lowest BCUT2D eigenvalue weighted by molar-refractivity contribution is 0.291. The van der Waals surface area contributed by atoms with Gasteiger partial charge >= 0.3 is 0 Å². The van der Waals surface area contributed by atoms with E-state index >= 15 is 0 Å². The number of nitrogens with zero attached hydrogens (tertiary/aromatic N) is 3. The van der Waals surface area contributed by atoms with Crippen molar-refractivity contribution in [1.29, 1.82) is 0 Å². The first-order chi connectivity index (χ1) is 12.9. The molecule has 1 saturated heterocycles. The molecule has 0 atom stereocenters. The second-order valence-electron chi connectivity index (χ2n) is 6.55. The van der Waals surface area contributed by atoms with Crippen LogP contribution in [0.4, 0.5) is 0 Å². The highest BCUT2D eigenvalue weighted by Gasteiger charge is 2.33. The number of hydrogen-bond acceptors (Lipinski definition) is 6. The first-order valence-corrected chi connectivity index (χ1v) is 11.3. The van der Waals surface area contributed by atoms with E-state index in [2.05, 4.69) is 10.2 Å². The molecule has 1 aliphatic rings. The molecule has 142 valence electrons. The Labute approximate surface area is 166 Å². The summed E-state index contributed by atoms with van der Waals surface area (Å²) in [6.45, 7) is 2.60. The molecule has 2 aromatic heterocycles. The fourth-order valence-electron chi connectivity index (χ4n) is 3.24. The van der Waals surface area contributed by atoms with E-state index in [1.54, 1.807) is 30.4 Å². The van der Waals surface area contributed by atoms with E-state index in [0.717, 1.165) is 5.56 Å². The van der Waals surface area contributed by atoms with Gasteiger partial charge < -0.3 is 4.42 Å². The summed E-state index contributed by atoms with van der Waals surface area (Å²) in [4.78, 5) is 0.269. The summed E-state index contributed by atoms with van der Waals surface area (Å²) >= 11 is 7.57. The third kappa shape index (κ3) is 3.67. The molecule has 1 fully saturated rings. The number of thiophene rings is 1. The zero-order chi connectivity index (χ0) is 19.0. The number of rotatable bonds is 4. The van der Waals surface area contributed by atoms with Crippen LogP contribution in [0.15, 0.2) is 44.3 Å². The zero-order valence-corrected chi connectivity index (χ0v) is 17.0. The van der Waals surface area contributed by atoms with Gasteiger partial charge in [-0.3, -0.25) is 0 Å². The normalized spacial score (nSPS) is 16.7. The van der Waals surface area contributed by atoms with Gasteiger partial charge in [0.25, 0.3) is 0 Å². The summed E-state index contributed by atoms with van der Waals surface area (Å²) in [6, 6.07) is 6.88. The maximum absolute atomic E-state index is 13.0. The summed E-state index contributed by atoms with van der Waals surface area (Å²) in [5.74, 6) is 1.15. The number of aryl methyl sites for hydroxylation is 1. The minimum Gasteiger partial charge on any atom is -0.420 e. The fourth-order valence-corrected chi connectivity index (χ4v) is 5.82. The number of benzene rings is 1. The molecule has 0 saturated carbocycles. The predicted molar refractivity (Wildman–Crippen MR) is 105 cm³/mol. The molecule has 0 amide bonds. The zero-order valence-electron chi connectivity index (χ0n) is 14.6. The molecule has 4 rings (SSSR count). The van der Waals surface area contributed by atoms with Crippen LogP contribution in [0.3, 0.4) is 0 Å². The maximum Gasteiger partial charge on any atom is 0.248 e. The van der Waals surface area contributed by atoms with E-state index < -0.39 is 10.0 Å². The monoisotopic (exact) mass is 423 g/mol. The highest BCUT2D eigenvalue weighted by atomic mass is 35.5. The van der Waals surface area contributed by atoms with Crippen LogP contribution in [0.5, 0.6) is 0 Å². The van der Waals surface area contributed by atoms with Crippen LogP contribution in [0.2, 0.25) is 5.02 Å². The lowest BCUT2D eigenvalue weighted by Crippen LogP contribution is -2.38. The van der Waals surface area contributed by atoms with Crippen molar-refractivity contribution in [2.45, 2.75) is 30.6 Å². The maximum atomic E-state index is 13.0. The fraction of sp³-hybridized carbons (Fsp3) is 0.333. The van der Waals surface area contributed by atoms with Gasteiger partial charge in [-0.2, -0.15) is 15.6 Å². The van der Waals surface area contributed by atoms with Crippen molar-refractivity contribution >= 4 is 33.0 Å². The van der Waals surface area contributed by atoms with Gasteiger partial charge in [-0.15, -0.1) is 10.2 Å². The standard InChI is InChI=1S/C18H18ClN3O3S2/c1-12-2-3-15(19)10-16(12)27(23,24)22-7-4-13(5-8-22)17-20-21-18(25-17)14-6-9-26-11-14/h2-3,6,9-11,13H,4-5,7-8H2,1H3. The Morgan fingerprint density at radius 1 is 1.22 bits per heavy atom. The quantitative estimate of drug-likeness (QED) is 0.624. The molecule has 27 heavy (non-hydrogen) atoms. The summed E-state index contributed by atoms with van der Waals surface area (Å²) < 4.78 is 33.3. The Morgan fingerprint density at radius 3 is 2.70 bits per heavy atom. The number of piperidine rings is 1. The Bertz CT molecular complexity index is 1040. The van der Waals surface area contributed by atoms with Crippen molar-refractivity contribution in [3.8, 4) is 11.5 Å². The van der Waals surface area contributed by atoms with E-state index in [4.69, 9.17) is 16.0 Å². The molecule has 0 bridgehead atoms. The van der Waals surface area contributed by atoms with E-state index in [-0.39, 0.29) is 10.8 Å². The van der Waals surface area contributed by atoms with Crippen molar-refractivity contribution in [1.82, 2.24) is 14.5 Å². The van der Waals surface area contributed by atoms with E-state index in [0.29, 0.717) is 48.3 Å². The molecular weight excluding hydrogens is 406 g/mol. The van der Waals surface area contributed by atoms with E-state index in [9.17, 15) is 8.42 Å². The van der Waals surface area contributed by atoms with Gasteiger partial charge in [-0.25, -0.2) is 8.42 Å². The summed E-state index contributed by atoms with van der Waals surface area (Å²) in [5.41, 5.74) is 1.61. The average Bonchev–Trinajstić information content (AvgIpc) is 3.35. The van der Waals surface area contributed by atoms with Crippen molar-refractivity contribution in [3.05, 3.63) is 51.5 Å². The van der Waals surface area contributed by atoms with Crippen LogP contribution in [0.1, 0.15) is 30.2 Å². The largest absolute Gasteiger partial charge is 0.420 e. The molecular formula is C18H18ClN3O3S2. The van der Waals surface area contributed by atoms with Gasteiger partial charge in [0, 0.05) is 35.0 Å². The highest BCUT2D eigenvalue weighted by molar-refractivity contribution is 7.89. The number of hydrogen-bond donors (Lipinski definition) is 0. The lowest BCUT2D eigenvalue weighted by atomic mass is 9.98. The van der Waals surface area contributed by atoms with Crippen molar-refractivity contribution in [2.75, 3.05) is 13.1 Å². The van der Waals surface area contributed by atoms with Crippen molar-refractivity contribution < 1.29 is 12.8 Å². The average molecular weight is 424 g/mol.